The number of carbonyl (C=O) groups excluding carboxylic acids is 3. The van der Waals surface area contributed by atoms with Gasteiger partial charge in [0.25, 0.3) is 0 Å². The van der Waals surface area contributed by atoms with Crippen LogP contribution in [0.2, 0.25) is 0 Å². The average Bonchev–Trinajstić information content (AvgIpc) is 3.27. The SMILES string of the molecule is CC/C=C\C/C=C\C/C=C\C/C=C\C/C=C\CCCC(=O)OCC(COC(=O)CCCCCCCCCCCC)OC(=O)CCCCCCCCC/C=C\CCCCCCCC. The van der Waals surface area contributed by atoms with Crippen LogP contribution in [0.3, 0.4) is 0 Å². The number of hydrogen-bond acceptors (Lipinski definition) is 6. The van der Waals surface area contributed by atoms with Crippen molar-refractivity contribution < 1.29 is 28.6 Å². The molecule has 0 fully saturated rings. The van der Waals surface area contributed by atoms with Crippen LogP contribution in [0.15, 0.2) is 72.9 Å². The molecule has 0 aromatic carbocycles. The normalized spacial score (nSPS) is 12.6. The Kier molecular flexibility index (Phi) is 47.9. The summed E-state index contributed by atoms with van der Waals surface area (Å²) >= 11 is 0. The highest BCUT2D eigenvalue weighted by Gasteiger charge is 2.19. The summed E-state index contributed by atoms with van der Waals surface area (Å²) in [6.07, 6.45) is 63.2. The minimum Gasteiger partial charge on any atom is -0.462 e. The molecule has 1 atom stereocenters. The fourth-order valence-electron chi connectivity index (χ4n) is 7.06. The minimum absolute atomic E-state index is 0.0934. The Balaban J connectivity index is 4.44. The lowest BCUT2D eigenvalue weighted by molar-refractivity contribution is -0.167. The van der Waals surface area contributed by atoms with E-state index in [1.54, 1.807) is 0 Å². The van der Waals surface area contributed by atoms with Gasteiger partial charge >= 0.3 is 17.9 Å². The molecule has 0 aliphatic carbocycles. The zero-order chi connectivity index (χ0) is 45.1. The molecule has 0 N–H and O–H groups in total. The molecule has 62 heavy (non-hydrogen) atoms. The highest BCUT2D eigenvalue weighted by atomic mass is 16.6. The highest BCUT2D eigenvalue weighted by Crippen LogP contribution is 2.14. The van der Waals surface area contributed by atoms with Gasteiger partial charge < -0.3 is 14.2 Å². The molecule has 356 valence electrons. The van der Waals surface area contributed by atoms with Gasteiger partial charge in [-0.2, -0.15) is 0 Å². The zero-order valence-electron chi connectivity index (χ0n) is 40.6. The molecule has 0 aliphatic heterocycles. The van der Waals surface area contributed by atoms with Crippen LogP contribution >= 0.6 is 0 Å². The van der Waals surface area contributed by atoms with Gasteiger partial charge in [0, 0.05) is 19.3 Å². The van der Waals surface area contributed by atoms with E-state index in [2.05, 4.69) is 93.7 Å². The summed E-state index contributed by atoms with van der Waals surface area (Å²) in [6.45, 7) is 6.46. The highest BCUT2D eigenvalue weighted by molar-refractivity contribution is 5.71. The second-order valence-electron chi connectivity index (χ2n) is 17.1. The van der Waals surface area contributed by atoms with Crippen molar-refractivity contribution in [3.05, 3.63) is 72.9 Å². The fourth-order valence-corrected chi connectivity index (χ4v) is 7.06. The zero-order valence-corrected chi connectivity index (χ0v) is 40.6. The lowest BCUT2D eigenvalue weighted by Gasteiger charge is -2.18. The van der Waals surface area contributed by atoms with Gasteiger partial charge in [-0.25, -0.2) is 0 Å². The molecule has 0 aromatic rings. The van der Waals surface area contributed by atoms with Gasteiger partial charge in [-0.1, -0.05) is 216 Å². The van der Waals surface area contributed by atoms with Crippen LogP contribution in [-0.4, -0.2) is 37.2 Å². The molecule has 0 spiro atoms. The van der Waals surface area contributed by atoms with Crippen LogP contribution in [0.1, 0.15) is 245 Å². The quantitative estimate of drug-likeness (QED) is 0.0262. The van der Waals surface area contributed by atoms with Crippen LogP contribution in [0.25, 0.3) is 0 Å². The number of ether oxygens (including phenoxy) is 3. The Morgan fingerprint density at radius 3 is 1.06 bits per heavy atom. The Morgan fingerprint density at radius 2 is 0.645 bits per heavy atom. The Hall–Kier alpha value is -3.15. The molecule has 0 radical (unpaired) electrons. The van der Waals surface area contributed by atoms with Crippen molar-refractivity contribution in [2.75, 3.05) is 13.2 Å². The predicted octanol–water partition coefficient (Wildman–Crippen LogP) is 17.0. The standard InChI is InChI=1S/C56H96O6/c1-4-7-10-13-16-19-22-24-26-28-30-32-34-37-40-43-46-49-55(58)61-52-53(51-60-54(57)48-45-42-39-36-21-18-15-12-9-6-3)62-56(59)50-47-44-41-38-35-33-31-29-27-25-23-20-17-14-11-8-5-2/h7,10,16,19,24-27,30,32,37,40,53H,4-6,8-9,11-15,17-18,20-23,28-29,31,33-36,38-39,41-52H2,1-3H3/b10-7-,19-16-,26-24-,27-25-,32-30-,40-37-. The van der Waals surface area contributed by atoms with Gasteiger partial charge in [-0.05, 0) is 83.5 Å². The van der Waals surface area contributed by atoms with Crippen molar-refractivity contribution in [1.29, 1.82) is 0 Å². The van der Waals surface area contributed by atoms with Crippen molar-refractivity contribution >= 4 is 17.9 Å². The monoisotopic (exact) mass is 865 g/mol. The van der Waals surface area contributed by atoms with Crippen molar-refractivity contribution in [2.45, 2.75) is 252 Å². The molecule has 0 aromatic heterocycles. The Bertz CT molecular complexity index is 1180. The number of unbranched alkanes of at least 4 members (excludes halogenated alkanes) is 23. The van der Waals surface area contributed by atoms with E-state index in [-0.39, 0.29) is 37.5 Å². The second kappa shape index (κ2) is 50.5. The summed E-state index contributed by atoms with van der Waals surface area (Å²) in [5.74, 6) is -0.958. The molecular weight excluding hydrogens is 769 g/mol. The van der Waals surface area contributed by atoms with Crippen LogP contribution in [-0.2, 0) is 28.6 Å². The maximum atomic E-state index is 12.8. The number of allylic oxidation sites excluding steroid dienone is 12. The van der Waals surface area contributed by atoms with Crippen molar-refractivity contribution in [1.82, 2.24) is 0 Å². The van der Waals surface area contributed by atoms with Crippen molar-refractivity contribution in [3.63, 3.8) is 0 Å². The van der Waals surface area contributed by atoms with E-state index in [4.69, 9.17) is 14.2 Å². The number of hydrogen-bond donors (Lipinski definition) is 0. The first-order valence-electron chi connectivity index (χ1n) is 25.9. The summed E-state index contributed by atoms with van der Waals surface area (Å²) < 4.78 is 16.7. The van der Waals surface area contributed by atoms with Crippen molar-refractivity contribution in [2.24, 2.45) is 0 Å². The number of rotatable bonds is 46. The first kappa shape index (κ1) is 58.9. The molecule has 0 aliphatic rings. The molecule has 0 saturated carbocycles. The summed E-state index contributed by atoms with van der Waals surface area (Å²) in [4.78, 5) is 37.9. The summed E-state index contributed by atoms with van der Waals surface area (Å²) in [6, 6.07) is 0. The molecule has 6 heteroatoms. The molecular formula is C56H96O6. The van der Waals surface area contributed by atoms with Gasteiger partial charge in [-0.3, -0.25) is 14.4 Å². The third-order valence-electron chi connectivity index (χ3n) is 10.9. The van der Waals surface area contributed by atoms with Crippen LogP contribution < -0.4 is 0 Å². The van der Waals surface area contributed by atoms with Crippen LogP contribution in [0.4, 0.5) is 0 Å². The summed E-state index contributed by atoms with van der Waals surface area (Å²) in [5, 5.41) is 0. The first-order valence-corrected chi connectivity index (χ1v) is 25.9. The lowest BCUT2D eigenvalue weighted by Crippen LogP contribution is -2.30. The van der Waals surface area contributed by atoms with Crippen molar-refractivity contribution in [3.8, 4) is 0 Å². The van der Waals surface area contributed by atoms with E-state index >= 15 is 0 Å². The van der Waals surface area contributed by atoms with E-state index < -0.39 is 6.10 Å². The van der Waals surface area contributed by atoms with E-state index in [0.717, 1.165) is 77.0 Å². The molecule has 0 amide bonds. The second-order valence-corrected chi connectivity index (χ2v) is 17.1. The Morgan fingerprint density at radius 1 is 0.339 bits per heavy atom. The first-order chi connectivity index (χ1) is 30.5. The summed E-state index contributed by atoms with van der Waals surface area (Å²) in [7, 11) is 0. The molecule has 0 rings (SSSR count). The third-order valence-corrected chi connectivity index (χ3v) is 10.9. The van der Waals surface area contributed by atoms with Gasteiger partial charge in [0.2, 0.25) is 0 Å². The van der Waals surface area contributed by atoms with Crippen LogP contribution in [0, 0.1) is 0 Å². The molecule has 6 nitrogen and oxygen atoms in total. The molecule has 0 bridgehead atoms. The smallest absolute Gasteiger partial charge is 0.306 e. The maximum absolute atomic E-state index is 12.8. The minimum atomic E-state index is -0.797. The lowest BCUT2D eigenvalue weighted by atomic mass is 10.1. The largest absolute Gasteiger partial charge is 0.462 e. The van der Waals surface area contributed by atoms with E-state index in [9.17, 15) is 14.4 Å². The molecule has 1 unspecified atom stereocenters. The van der Waals surface area contributed by atoms with Gasteiger partial charge in [0.15, 0.2) is 6.10 Å². The van der Waals surface area contributed by atoms with E-state index in [0.29, 0.717) is 19.3 Å². The van der Waals surface area contributed by atoms with Crippen LogP contribution in [0.5, 0.6) is 0 Å². The predicted molar refractivity (Wildman–Crippen MR) is 265 cm³/mol. The average molecular weight is 865 g/mol. The third kappa shape index (κ3) is 47.9. The molecule has 0 saturated heterocycles. The van der Waals surface area contributed by atoms with Gasteiger partial charge in [0.05, 0.1) is 0 Å². The van der Waals surface area contributed by atoms with Gasteiger partial charge in [0.1, 0.15) is 13.2 Å². The number of esters is 3. The topological polar surface area (TPSA) is 78.9 Å². The Labute approximate surface area is 382 Å². The fraction of sp³-hybridized carbons (Fsp3) is 0.732. The van der Waals surface area contributed by atoms with Gasteiger partial charge in [-0.15, -0.1) is 0 Å². The van der Waals surface area contributed by atoms with E-state index in [1.165, 1.54) is 122 Å². The number of carbonyl (C=O) groups is 3. The summed E-state index contributed by atoms with van der Waals surface area (Å²) in [5.41, 5.74) is 0. The molecule has 0 heterocycles. The maximum Gasteiger partial charge on any atom is 0.306 e. The van der Waals surface area contributed by atoms with E-state index in [1.807, 2.05) is 0 Å².